The molecule has 124 valence electrons. The van der Waals surface area contributed by atoms with Gasteiger partial charge in [-0.25, -0.2) is 0 Å². The van der Waals surface area contributed by atoms with E-state index in [9.17, 15) is 14.2 Å². The Balaban J connectivity index is 1.75. The van der Waals surface area contributed by atoms with Crippen molar-refractivity contribution >= 4 is 28.1 Å². The molecule has 0 unspecified atom stereocenters. The van der Waals surface area contributed by atoms with E-state index in [1.54, 1.807) is 23.4 Å². The molecule has 0 aromatic heterocycles. The predicted octanol–water partition coefficient (Wildman–Crippen LogP) is 3.39. The smallest absolute Gasteiger partial charge is 0.101 e. The zero-order chi connectivity index (χ0) is 16.5. The lowest BCUT2D eigenvalue weighted by Crippen LogP contribution is -2.34. The molecule has 7 heteroatoms. The van der Waals surface area contributed by atoms with E-state index in [2.05, 4.69) is 0 Å². The van der Waals surface area contributed by atoms with Crippen LogP contribution in [-0.2, 0) is 0 Å². The van der Waals surface area contributed by atoms with Crippen LogP contribution in [-0.4, -0.2) is 32.1 Å². The van der Waals surface area contributed by atoms with E-state index in [4.69, 9.17) is 16.9 Å². The van der Waals surface area contributed by atoms with Crippen molar-refractivity contribution in [3.63, 3.8) is 0 Å². The summed E-state index contributed by atoms with van der Waals surface area (Å²) in [6, 6.07) is 5.41. The molecular weight excluding hydrogens is 336 g/mol. The van der Waals surface area contributed by atoms with Gasteiger partial charge in [0.1, 0.15) is 6.07 Å². The summed E-state index contributed by atoms with van der Waals surface area (Å²) < 4.78 is 23.5. The third-order valence-electron chi connectivity index (χ3n) is 5.86. The third-order valence-corrected chi connectivity index (χ3v) is 8.81. The summed E-state index contributed by atoms with van der Waals surface area (Å²) in [5.74, 6) is 0.460. The molecule has 2 bridgehead atoms. The van der Waals surface area contributed by atoms with Crippen LogP contribution in [0.3, 0.4) is 0 Å². The first-order valence-corrected chi connectivity index (χ1v) is 9.72. The van der Waals surface area contributed by atoms with Crippen molar-refractivity contribution in [1.82, 2.24) is 0 Å². The number of rotatable bonds is 1. The topological polar surface area (TPSA) is 87.7 Å². The van der Waals surface area contributed by atoms with Gasteiger partial charge >= 0.3 is 0 Å². The average molecular weight is 355 g/mol. The Morgan fingerprint density at radius 2 is 2.04 bits per heavy atom. The number of halogens is 1. The van der Waals surface area contributed by atoms with Crippen LogP contribution in [0, 0.1) is 36.0 Å². The zero-order valence-electron chi connectivity index (χ0n) is 12.7. The molecule has 3 aliphatic rings. The normalized spacial score (nSPS) is 38.4. The van der Waals surface area contributed by atoms with E-state index in [1.807, 2.05) is 6.07 Å². The molecule has 0 radical (unpaired) electrons. The highest BCUT2D eigenvalue weighted by atomic mass is 35.5. The lowest BCUT2D eigenvalue weighted by atomic mass is 9.86. The molecule has 2 aliphatic carbocycles. The zero-order valence-corrected chi connectivity index (χ0v) is 14.3. The van der Waals surface area contributed by atoms with Crippen molar-refractivity contribution in [2.24, 2.45) is 17.8 Å². The van der Waals surface area contributed by atoms with Crippen molar-refractivity contribution in [1.29, 1.82) is 5.26 Å². The van der Waals surface area contributed by atoms with Gasteiger partial charge < -0.3 is 5.11 Å². The predicted molar refractivity (Wildman–Crippen MR) is 90.6 cm³/mol. The summed E-state index contributed by atoms with van der Waals surface area (Å²) in [5, 5.41) is 19.4. The van der Waals surface area contributed by atoms with E-state index in [0.29, 0.717) is 34.8 Å². The van der Waals surface area contributed by atoms with Gasteiger partial charge in [0.25, 0.3) is 0 Å². The Kier molecular flexibility index (Phi) is 3.39. The molecule has 1 aliphatic heterocycles. The van der Waals surface area contributed by atoms with Gasteiger partial charge in [0.05, 0.1) is 27.6 Å². The maximum atomic E-state index is 10.9. The second-order valence-corrected chi connectivity index (χ2v) is 9.38. The Hall–Kier alpha value is -0.970. The molecule has 3 N–H and O–H groups in total. The summed E-state index contributed by atoms with van der Waals surface area (Å²) in [4.78, 5) is 0. The van der Waals surface area contributed by atoms with Gasteiger partial charge in [-0.05, 0) is 49.3 Å². The second kappa shape index (κ2) is 5.01. The molecule has 3 fully saturated rings. The fourth-order valence-electron chi connectivity index (χ4n) is 4.86. The standard InChI is InChI=1S/C16H19ClN2O3S/c1-8-13(3-2-9(6-18)15(8)17)19-7-12-11-4-10(5-14(11)20)16(12)23(19,21)22/h2-3,10-12,14,16,20-22H,4-5,7H2,1H3/t10-,11+,12+,14-,16-/m1/s1. The monoisotopic (exact) mass is 354 g/mol. The highest BCUT2D eigenvalue weighted by Gasteiger charge is 2.62. The molecule has 4 rings (SSSR count). The number of nitriles is 1. The minimum atomic E-state index is -2.95. The van der Waals surface area contributed by atoms with Crippen LogP contribution in [0.1, 0.15) is 24.0 Å². The first-order valence-electron chi connectivity index (χ1n) is 7.78. The molecule has 1 aromatic rings. The highest BCUT2D eigenvalue weighted by molar-refractivity contribution is 8.26. The van der Waals surface area contributed by atoms with Gasteiger partial charge in [0, 0.05) is 12.5 Å². The lowest BCUT2D eigenvalue weighted by Gasteiger charge is -2.45. The largest absolute Gasteiger partial charge is 0.393 e. The van der Waals surface area contributed by atoms with Gasteiger partial charge in [-0.1, -0.05) is 11.6 Å². The number of benzene rings is 1. The highest BCUT2D eigenvalue weighted by Crippen LogP contribution is 2.69. The van der Waals surface area contributed by atoms with Crippen LogP contribution in [0.4, 0.5) is 5.69 Å². The molecule has 1 saturated heterocycles. The molecule has 0 spiro atoms. The minimum absolute atomic E-state index is 0.113. The van der Waals surface area contributed by atoms with E-state index in [1.165, 1.54) is 0 Å². The molecular formula is C16H19ClN2O3S. The van der Waals surface area contributed by atoms with Crippen molar-refractivity contribution in [3.05, 3.63) is 28.3 Å². The van der Waals surface area contributed by atoms with E-state index in [0.717, 1.165) is 6.42 Å². The molecule has 1 aromatic carbocycles. The van der Waals surface area contributed by atoms with Crippen molar-refractivity contribution < 1.29 is 14.2 Å². The number of anilines is 1. The van der Waals surface area contributed by atoms with Crippen LogP contribution in [0.5, 0.6) is 0 Å². The van der Waals surface area contributed by atoms with Crippen LogP contribution >= 0.6 is 22.4 Å². The van der Waals surface area contributed by atoms with Crippen molar-refractivity contribution in [2.45, 2.75) is 31.1 Å². The maximum absolute atomic E-state index is 10.9. The van der Waals surface area contributed by atoms with Crippen LogP contribution < -0.4 is 4.31 Å². The maximum Gasteiger partial charge on any atom is 0.101 e. The number of hydrogen-bond acceptors (Lipinski definition) is 5. The summed E-state index contributed by atoms with van der Waals surface area (Å²) in [6.07, 6.45) is 1.25. The van der Waals surface area contributed by atoms with Gasteiger partial charge in [0.15, 0.2) is 0 Å². The first kappa shape index (κ1) is 15.6. The first-order chi connectivity index (χ1) is 10.9. The Morgan fingerprint density at radius 1 is 1.30 bits per heavy atom. The second-order valence-electron chi connectivity index (χ2n) is 6.90. The summed E-state index contributed by atoms with van der Waals surface area (Å²) in [5.41, 5.74) is 1.76. The number of aliphatic hydroxyl groups is 1. The quantitative estimate of drug-likeness (QED) is 0.719. The van der Waals surface area contributed by atoms with E-state index < -0.39 is 10.8 Å². The van der Waals surface area contributed by atoms with Gasteiger partial charge in [-0.3, -0.25) is 13.4 Å². The molecule has 0 amide bonds. The number of fused-ring (bicyclic) bond motifs is 5. The molecule has 2 saturated carbocycles. The average Bonchev–Trinajstić information content (AvgIpc) is 3.12. The summed E-state index contributed by atoms with van der Waals surface area (Å²) >= 11 is 6.24. The van der Waals surface area contributed by atoms with Gasteiger partial charge in [0.2, 0.25) is 0 Å². The number of aliphatic hydroxyl groups excluding tert-OH is 1. The van der Waals surface area contributed by atoms with Crippen molar-refractivity contribution in [2.75, 3.05) is 10.8 Å². The Labute approximate surface area is 142 Å². The van der Waals surface area contributed by atoms with E-state index >= 15 is 0 Å². The summed E-state index contributed by atoms with van der Waals surface area (Å²) in [6.45, 7) is 2.32. The lowest BCUT2D eigenvalue weighted by molar-refractivity contribution is 0.0877. The minimum Gasteiger partial charge on any atom is -0.393 e. The molecule has 1 heterocycles. The Morgan fingerprint density at radius 3 is 2.74 bits per heavy atom. The molecule has 23 heavy (non-hydrogen) atoms. The van der Waals surface area contributed by atoms with Crippen LogP contribution in [0.15, 0.2) is 12.1 Å². The number of hydrogen-bond donors (Lipinski definition) is 3. The van der Waals surface area contributed by atoms with E-state index in [-0.39, 0.29) is 29.1 Å². The van der Waals surface area contributed by atoms with Crippen LogP contribution in [0.2, 0.25) is 5.02 Å². The third kappa shape index (κ3) is 1.98. The van der Waals surface area contributed by atoms with Gasteiger partial charge in [-0.15, -0.1) is 10.8 Å². The SMILES string of the molecule is Cc1c(N2C[C@H]3[C@@H]4C[C@H](C[C@H]4O)[C@H]3S2(O)O)ccc(C#N)c1Cl. The Bertz CT molecular complexity index is 720. The fourth-order valence-corrected chi connectivity index (χ4v) is 7.73. The van der Waals surface area contributed by atoms with Gasteiger partial charge in [-0.2, -0.15) is 5.26 Å². The molecule has 5 nitrogen and oxygen atoms in total. The fraction of sp³-hybridized carbons (Fsp3) is 0.562. The summed E-state index contributed by atoms with van der Waals surface area (Å²) in [7, 11) is -2.95. The molecule has 5 atom stereocenters. The van der Waals surface area contributed by atoms with Crippen molar-refractivity contribution in [3.8, 4) is 6.07 Å². The van der Waals surface area contributed by atoms with Crippen LogP contribution in [0.25, 0.3) is 0 Å². The number of nitrogens with zero attached hydrogens (tertiary/aromatic N) is 2.